The van der Waals surface area contributed by atoms with Crippen molar-refractivity contribution in [2.45, 2.75) is 44.6 Å². The van der Waals surface area contributed by atoms with Gasteiger partial charge in [-0.1, -0.05) is 42.8 Å². The number of aliphatic carboxylic acids is 1. The van der Waals surface area contributed by atoms with Crippen molar-refractivity contribution in [3.05, 3.63) is 58.3 Å². The van der Waals surface area contributed by atoms with Gasteiger partial charge in [-0.15, -0.1) is 11.3 Å². The lowest BCUT2D eigenvalue weighted by molar-refractivity contribution is -0.137. The maximum atomic E-state index is 12.1. The van der Waals surface area contributed by atoms with E-state index in [1.165, 1.54) is 4.88 Å². The lowest BCUT2D eigenvalue weighted by Crippen LogP contribution is -2.29. The first kappa shape index (κ1) is 18.2. The average molecular weight is 345 g/mol. The van der Waals surface area contributed by atoms with Crippen LogP contribution in [-0.4, -0.2) is 17.0 Å². The molecule has 0 saturated heterocycles. The number of amides is 1. The van der Waals surface area contributed by atoms with E-state index < -0.39 is 12.0 Å². The summed E-state index contributed by atoms with van der Waals surface area (Å²) in [5.41, 5.74) is 0.825. The predicted molar refractivity (Wildman–Crippen MR) is 96.1 cm³/mol. The summed E-state index contributed by atoms with van der Waals surface area (Å²) in [4.78, 5) is 24.5. The minimum Gasteiger partial charge on any atom is -0.481 e. The molecule has 2 rings (SSSR count). The quantitative estimate of drug-likeness (QED) is 0.635. The zero-order valence-electron chi connectivity index (χ0n) is 13.6. The number of hydrogen-bond acceptors (Lipinski definition) is 3. The van der Waals surface area contributed by atoms with E-state index in [-0.39, 0.29) is 12.3 Å². The molecule has 1 unspecified atom stereocenters. The molecule has 128 valence electrons. The van der Waals surface area contributed by atoms with E-state index in [1.54, 1.807) is 11.3 Å². The van der Waals surface area contributed by atoms with Crippen LogP contribution in [0, 0.1) is 0 Å². The summed E-state index contributed by atoms with van der Waals surface area (Å²) in [6.45, 7) is 0. The van der Waals surface area contributed by atoms with Gasteiger partial charge in [-0.3, -0.25) is 9.59 Å². The SMILES string of the molecule is O=C(O)CC(NC(=O)CCCCCc1cccs1)c1ccccc1. The van der Waals surface area contributed by atoms with Crippen molar-refractivity contribution < 1.29 is 14.7 Å². The zero-order valence-corrected chi connectivity index (χ0v) is 14.4. The Morgan fingerprint density at radius 1 is 1.04 bits per heavy atom. The fourth-order valence-electron chi connectivity index (χ4n) is 2.60. The summed E-state index contributed by atoms with van der Waals surface area (Å²) in [6, 6.07) is 13.0. The fraction of sp³-hybridized carbons (Fsp3) is 0.368. The Morgan fingerprint density at radius 2 is 1.83 bits per heavy atom. The molecule has 0 radical (unpaired) electrons. The molecule has 1 atom stereocenters. The first-order valence-electron chi connectivity index (χ1n) is 8.23. The smallest absolute Gasteiger partial charge is 0.305 e. The van der Waals surface area contributed by atoms with Crippen molar-refractivity contribution in [1.29, 1.82) is 0 Å². The van der Waals surface area contributed by atoms with E-state index in [0.717, 1.165) is 31.2 Å². The number of aryl methyl sites for hydroxylation is 1. The molecule has 4 nitrogen and oxygen atoms in total. The molecule has 0 bridgehead atoms. The predicted octanol–water partition coefficient (Wildman–Crippen LogP) is 4.18. The summed E-state index contributed by atoms with van der Waals surface area (Å²) in [5.74, 6) is -0.999. The minimum absolute atomic E-state index is 0.0822. The molecule has 1 aromatic heterocycles. The van der Waals surface area contributed by atoms with Crippen molar-refractivity contribution in [1.82, 2.24) is 5.32 Å². The first-order chi connectivity index (χ1) is 11.6. The van der Waals surface area contributed by atoms with Crippen molar-refractivity contribution in [2.75, 3.05) is 0 Å². The molecular formula is C19H23NO3S. The Bertz CT molecular complexity index is 625. The van der Waals surface area contributed by atoms with Gasteiger partial charge in [0.25, 0.3) is 0 Å². The number of hydrogen-bond donors (Lipinski definition) is 2. The van der Waals surface area contributed by atoms with Crippen LogP contribution in [0.3, 0.4) is 0 Å². The number of carboxylic acid groups (broad SMARTS) is 1. The van der Waals surface area contributed by atoms with Crippen LogP contribution < -0.4 is 5.32 Å². The van der Waals surface area contributed by atoms with E-state index in [1.807, 2.05) is 30.3 Å². The van der Waals surface area contributed by atoms with Crippen molar-refractivity contribution in [2.24, 2.45) is 0 Å². The molecule has 0 aliphatic carbocycles. The van der Waals surface area contributed by atoms with Gasteiger partial charge in [0.05, 0.1) is 12.5 Å². The standard InChI is InChI=1S/C19H23NO3S/c21-18(12-6-2-5-10-16-11-7-13-24-16)20-17(14-19(22)23)15-8-3-1-4-9-15/h1,3-4,7-9,11,13,17H,2,5-6,10,12,14H2,(H,20,21)(H,22,23). The molecule has 2 N–H and O–H groups in total. The second-order valence-corrected chi connectivity index (χ2v) is 6.80. The van der Waals surface area contributed by atoms with Gasteiger partial charge >= 0.3 is 5.97 Å². The van der Waals surface area contributed by atoms with Gasteiger partial charge in [0.1, 0.15) is 0 Å². The Labute approximate surface area is 146 Å². The molecule has 0 saturated carbocycles. The summed E-state index contributed by atoms with van der Waals surface area (Å²) in [7, 11) is 0. The monoisotopic (exact) mass is 345 g/mol. The van der Waals surface area contributed by atoms with Crippen LogP contribution in [0.1, 0.15) is 48.6 Å². The summed E-state index contributed by atoms with van der Waals surface area (Å²) >= 11 is 1.76. The first-order valence-corrected chi connectivity index (χ1v) is 9.11. The van der Waals surface area contributed by atoms with Gasteiger partial charge in [0.2, 0.25) is 5.91 Å². The Balaban J connectivity index is 1.72. The normalized spacial score (nSPS) is 11.8. The van der Waals surface area contributed by atoms with Crippen LogP contribution in [0.15, 0.2) is 47.8 Å². The lowest BCUT2D eigenvalue weighted by atomic mass is 10.0. The Kier molecular flexibility index (Phi) is 7.49. The Hall–Kier alpha value is -2.14. The molecular weight excluding hydrogens is 322 g/mol. The van der Waals surface area contributed by atoms with E-state index >= 15 is 0 Å². The summed E-state index contributed by atoms with van der Waals surface area (Å²) in [6.07, 6.45) is 4.30. The molecule has 0 fully saturated rings. The van der Waals surface area contributed by atoms with Crippen molar-refractivity contribution >= 4 is 23.2 Å². The molecule has 0 aliphatic rings. The highest BCUT2D eigenvalue weighted by Crippen LogP contribution is 2.17. The third-order valence-electron chi connectivity index (χ3n) is 3.82. The van der Waals surface area contributed by atoms with E-state index in [0.29, 0.717) is 6.42 Å². The second-order valence-electron chi connectivity index (χ2n) is 5.77. The van der Waals surface area contributed by atoms with Crippen LogP contribution in [0.2, 0.25) is 0 Å². The maximum absolute atomic E-state index is 12.1. The minimum atomic E-state index is -0.917. The number of benzene rings is 1. The molecule has 1 aromatic carbocycles. The topological polar surface area (TPSA) is 66.4 Å². The molecule has 5 heteroatoms. The number of carbonyl (C=O) groups is 2. The van der Waals surface area contributed by atoms with Crippen molar-refractivity contribution in [3.63, 3.8) is 0 Å². The van der Waals surface area contributed by atoms with Gasteiger partial charge < -0.3 is 10.4 Å². The molecule has 1 heterocycles. The molecule has 0 aliphatic heterocycles. The second kappa shape index (κ2) is 9.88. The highest BCUT2D eigenvalue weighted by molar-refractivity contribution is 7.09. The van der Waals surface area contributed by atoms with Gasteiger partial charge in [-0.2, -0.15) is 0 Å². The molecule has 24 heavy (non-hydrogen) atoms. The zero-order chi connectivity index (χ0) is 17.2. The van der Waals surface area contributed by atoms with Crippen LogP contribution in [0.25, 0.3) is 0 Å². The summed E-state index contributed by atoms with van der Waals surface area (Å²) in [5, 5.41) is 14.0. The van der Waals surface area contributed by atoms with Crippen molar-refractivity contribution in [3.8, 4) is 0 Å². The number of nitrogens with one attached hydrogen (secondary N) is 1. The highest BCUT2D eigenvalue weighted by Gasteiger charge is 2.17. The van der Waals surface area contributed by atoms with Gasteiger partial charge in [-0.05, 0) is 36.3 Å². The Morgan fingerprint density at radius 3 is 2.50 bits per heavy atom. The van der Waals surface area contributed by atoms with Gasteiger partial charge in [-0.25, -0.2) is 0 Å². The van der Waals surface area contributed by atoms with Crippen LogP contribution in [-0.2, 0) is 16.0 Å². The van der Waals surface area contributed by atoms with Gasteiger partial charge in [0.15, 0.2) is 0 Å². The van der Waals surface area contributed by atoms with Crippen LogP contribution in [0.5, 0.6) is 0 Å². The number of rotatable bonds is 10. The molecule has 2 aromatic rings. The van der Waals surface area contributed by atoms with E-state index in [2.05, 4.69) is 22.8 Å². The number of carboxylic acids is 1. The summed E-state index contributed by atoms with van der Waals surface area (Å²) < 4.78 is 0. The number of thiophene rings is 1. The largest absolute Gasteiger partial charge is 0.481 e. The fourth-order valence-corrected chi connectivity index (χ4v) is 3.35. The van der Waals surface area contributed by atoms with Crippen LogP contribution >= 0.6 is 11.3 Å². The maximum Gasteiger partial charge on any atom is 0.305 e. The molecule has 0 spiro atoms. The van der Waals surface area contributed by atoms with Crippen LogP contribution in [0.4, 0.5) is 0 Å². The molecule has 1 amide bonds. The van der Waals surface area contributed by atoms with Gasteiger partial charge in [0, 0.05) is 11.3 Å². The number of carbonyl (C=O) groups excluding carboxylic acids is 1. The van der Waals surface area contributed by atoms with E-state index in [4.69, 9.17) is 5.11 Å². The third-order valence-corrected chi connectivity index (χ3v) is 4.76. The van der Waals surface area contributed by atoms with E-state index in [9.17, 15) is 9.59 Å². The number of unbranched alkanes of at least 4 members (excludes halogenated alkanes) is 2. The third kappa shape index (κ3) is 6.54. The lowest BCUT2D eigenvalue weighted by Gasteiger charge is -2.17. The average Bonchev–Trinajstić information content (AvgIpc) is 3.08. The highest BCUT2D eigenvalue weighted by atomic mass is 32.1.